The van der Waals surface area contributed by atoms with Crippen LogP contribution in [0, 0.1) is 0 Å². The summed E-state index contributed by atoms with van der Waals surface area (Å²) in [6.45, 7) is 2.41. The summed E-state index contributed by atoms with van der Waals surface area (Å²) in [5, 5.41) is 3.03. The van der Waals surface area contributed by atoms with Gasteiger partial charge in [-0.3, -0.25) is 4.79 Å². The van der Waals surface area contributed by atoms with Gasteiger partial charge in [0.15, 0.2) is 11.5 Å². The van der Waals surface area contributed by atoms with Crippen molar-refractivity contribution in [3.8, 4) is 11.5 Å². The Morgan fingerprint density at radius 1 is 1.04 bits per heavy atom. The number of fused-ring (bicyclic) bond motifs is 1. The molecule has 5 nitrogen and oxygen atoms in total. The normalized spacial score (nSPS) is 19.8. The molecule has 3 atom stereocenters. The summed E-state index contributed by atoms with van der Waals surface area (Å²) >= 11 is 0. The average molecular weight is 354 g/mol. The Morgan fingerprint density at radius 2 is 1.65 bits per heavy atom. The van der Waals surface area contributed by atoms with Gasteiger partial charge in [-0.2, -0.15) is 0 Å². The van der Waals surface area contributed by atoms with E-state index in [1.807, 2.05) is 63.5 Å². The molecule has 0 saturated heterocycles. The molecule has 0 bridgehead atoms. The van der Waals surface area contributed by atoms with Crippen LogP contribution in [0.1, 0.15) is 12.5 Å². The fraction of sp³-hybridized carbons (Fsp3) is 0.381. The van der Waals surface area contributed by atoms with E-state index < -0.39 is 6.10 Å². The minimum absolute atomic E-state index is 0.146. The molecule has 0 unspecified atom stereocenters. The molecule has 1 aliphatic rings. The molecule has 0 aliphatic carbocycles. The van der Waals surface area contributed by atoms with Crippen LogP contribution >= 0.6 is 0 Å². The van der Waals surface area contributed by atoms with Crippen LogP contribution in [0.3, 0.4) is 0 Å². The van der Waals surface area contributed by atoms with Crippen molar-refractivity contribution in [1.29, 1.82) is 0 Å². The van der Waals surface area contributed by atoms with E-state index in [2.05, 4.69) is 22.3 Å². The van der Waals surface area contributed by atoms with Crippen LogP contribution in [-0.4, -0.2) is 49.7 Å². The second-order valence-electron chi connectivity index (χ2n) is 6.86. The van der Waals surface area contributed by atoms with Crippen LogP contribution in [0.15, 0.2) is 54.6 Å². The molecule has 0 saturated carbocycles. The largest absolute Gasteiger partial charge is 0.482 e. The number of carbonyl (C=O) groups is 1. The first kappa shape index (κ1) is 18.3. The highest BCUT2D eigenvalue weighted by Crippen LogP contribution is 2.33. The number of ether oxygens (including phenoxy) is 2. The van der Waals surface area contributed by atoms with E-state index in [9.17, 15) is 4.79 Å². The molecular weight excluding hydrogens is 328 g/mol. The number of likely N-dealkylation sites (N-methyl/N-ethyl adjacent to an activating group) is 1. The number of nitrogens with one attached hydrogen (secondary N) is 1. The summed E-state index contributed by atoms with van der Waals surface area (Å²) in [5.74, 6) is 1.14. The standard InChI is InChI=1S/C21H26N2O3/c1-15-20(26-19-12-8-7-11-18(19)25-15)21(24)22-14-17(23(2)3)13-16-9-5-4-6-10-16/h4-12,15,17,20H,13-14H2,1-3H3,(H,22,24)/t15-,17-,20-/m0/s1. The van der Waals surface area contributed by atoms with Gasteiger partial charge in [0, 0.05) is 12.6 Å². The number of rotatable bonds is 6. The first-order valence-corrected chi connectivity index (χ1v) is 8.95. The topological polar surface area (TPSA) is 50.8 Å². The van der Waals surface area contributed by atoms with Crippen molar-refractivity contribution < 1.29 is 14.3 Å². The summed E-state index contributed by atoms with van der Waals surface area (Å²) < 4.78 is 11.7. The van der Waals surface area contributed by atoms with E-state index in [0.717, 1.165) is 6.42 Å². The average Bonchev–Trinajstić information content (AvgIpc) is 2.65. The van der Waals surface area contributed by atoms with Gasteiger partial charge >= 0.3 is 0 Å². The third-order valence-corrected chi connectivity index (χ3v) is 4.66. The van der Waals surface area contributed by atoms with Crippen LogP contribution in [0.25, 0.3) is 0 Å². The van der Waals surface area contributed by atoms with Gasteiger partial charge in [0.1, 0.15) is 6.10 Å². The molecule has 26 heavy (non-hydrogen) atoms. The summed E-state index contributed by atoms with van der Waals surface area (Å²) in [4.78, 5) is 14.8. The zero-order valence-corrected chi connectivity index (χ0v) is 15.5. The lowest BCUT2D eigenvalue weighted by molar-refractivity contribution is -0.133. The second-order valence-corrected chi connectivity index (χ2v) is 6.86. The van der Waals surface area contributed by atoms with Crippen molar-refractivity contribution >= 4 is 5.91 Å². The number of benzene rings is 2. The van der Waals surface area contributed by atoms with Crippen molar-refractivity contribution in [3.63, 3.8) is 0 Å². The molecule has 0 radical (unpaired) electrons. The highest BCUT2D eigenvalue weighted by atomic mass is 16.6. The number of hydrogen-bond donors (Lipinski definition) is 1. The molecule has 3 rings (SSSR count). The van der Waals surface area contributed by atoms with E-state index in [4.69, 9.17) is 9.47 Å². The van der Waals surface area contributed by atoms with E-state index in [1.165, 1.54) is 5.56 Å². The molecule has 2 aromatic carbocycles. The first-order chi connectivity index (χ1) is 12.5. The molecule has 1 heterocycles. The Hall–Kier alpha value is -2.53. The van der Waals surface area contributed by atoms with Crippen LogP contribution < -0.4 is 14.8 Å². The lowest BCUT2D eigenvalue weighted by atomic mass is 10.0. The first-order valence-electron chi connectivity index (χ1n) is 8.95. The molecule has 1 aliphatic heterocycles. The summed E-state index contributed by atoms with van der Waals surface area (Å²) in [7, 11) is 4.05. The third-order valence-electron chi connectivity index (χ3n) is 4.66. The molecule has 138 valence electrons. The minimum atomic E-state index is -0.649. The maximum atomic E-state index is 12.7. The molecule has 2 aromatic rings. The Kier molecular flexibility index (Phi) is 5.78. The van der Waals surface area contributed by atoms with Gasteiger partial charge < -0.3 is 19.7 Å². The Balaban J connectivity index is 1.60. The minimum Gasteiger partial charge on any atom is -0.482 e. The Morgan fingerprint density at radius 3 is 2.31 bits per heavy atom. The zero-order valence-electron chi connectivity index (χ0n) is 15.5. The van der Waals surface area contributed by atoms with Crippen LogP contribution in [0.4, 0.5) is 0 Å². The zero-order chi connectivity index (χ0) is 18.5. The van der Waals surface area contributed by atoms with Crippen LogP contribution in [0.5, 0.6) is 11.5 Å². The van der Waals surface area contributed by atoms with Crippen molar-refractivity contribution in [2.45, 2.75) is 31.6 Å². The Labute approximate surface area is 154 Å². The van der Waals surface area contributed by atoms with E-state index >= 15 is 0 Å². The maximum absolute atomic E-state index is 12.7. The molecule has 0 spiro atoms. The van der Waals surface area contributed by atoms with Gasteiger partial charge in [-0.05, 0) is 45.1 Å². The molecule has 5 heteroatoms. The van der Waals surface area contributed by atoms with Crippen LogP contribution in [-0.2, 0) is 11.2 Å². The van der Waals surface area contributed by atoms with E-state index in [1.54, 1.807) is 0 Å². The van der Waals surface area contributed by atoms with Crippen LogP contribution in [0.2, 0.25) is 0 Å². The van der Waals surface area contributed by atoms with Gasteiger partial charge in [-0.15, -0.1) is 0 Å². The fourth-order valence-electron chi connectivity index (χ4n) is 3.05. The van der Waals surface area contributed by atoms with E-state index in [-0.39, 0.29) is 18.1 Å². The molecule has 0 aromatic heterocycles. The van der Waals surface area contributed by atoms with Gasteiger partial charge in [0.2, 0.25) is 6.10 Å². The van der Waals surface area contributed by atoms with Gasteiger partial charge in [0.05, 0.1) is 0 Å². The smallest absolute Gasteiger partial charge is 0.265 e. The van der Waals surface area contributed by atoms with Crippen molar-refractivity contribution in [2.75, 3.05) is 20.6 Å². The van der Waals surface area contributed by atoms with Crippen molar-refractivity contribution in [3.05, 3.63) is 60.2 Å². The highest BCUT2D eigenvalue weighted by Gasteiger charge is 2.34. The van der Waals surface area contributed by atoms with Crippen molar-refractivity contribution in [2.24, 2.45) is 0 Å². The number of nitrogens with zero attached hydrogens (tertiary/aromatic N) is 1. The number of para-hydroxylation sites is 2. The number of carbonyl (C=O) groups excluding carboxylic acids is 1. The summed E-state index contributed by atoms with van der Waals surface area (Å²) in [6.07, 6.45) is -0.115. The SMILES string of the molecule is C[C@@H]1Oc2ccccc2O[C@@H]1C(=O)NC[C@H](Cc1ccccc1)N(C)C. The molecule has 0 fully saturated rings. The van der Waals surface area contributed by atoms with Gasteiger partial charge in [-0.25, -0.2) is 0 Å². The predicted molar refractivity (Wildman–Crippen MR) is 102 cm³/mol. The number of hydrogen-bond acceptors (Lipinski definition) is 4. The molecule has 1 amide bonds. The number of amides is 1. The van der Waals surface area contributed by atoms with E-state index in [0.29, 0.717) is 18.0 Å². The molecule has 1 N–H and O–H groups in total. The quantitative estimate of drug-likeness (QED) is 0.866. The molecular formula is C21H26N2O3. The summed E-state index contributed by atoms with van der Waals surface area (Å²) in [6, 6.07) is 17.9. The highest BCUT2D eigenvalue weighted by molar-refractivity contribution is 5.82. The lowest BCUT2D eigenvalue weighted by Gasteiger charge is -2.32. The Bertz CT molecular complexity index is 733. The third kappa shape index (κ3) is 4.35. The van der Waals surface area contributed by atoms with Gasteiger partial charge in [0.25, 0.3) is 5.91 Å². The van der Waals surface area contributed by atoms with Crippen molar-refractivity contribution in [1.82, 2.24) is 10.2 Å². The monoisotopic (exact) mass is 354 g/mol. The fourth-order valence-corrected chi connectivity index (χ4v) is 3.05. The lowest BCUT2D eigenvalue weighted by Crippen LogP contribution is -2.51. The summed E-state index contributed by atoms with van der Waals surface area (Å²) in [5.41, 5.74) is 1.25. The van der Waals surface area contributed by atoms with Gasteiger partial charge in [-0.1, -0.05) is 42.5 Å². The maximum Gasteiger partial charge on any atom is 0.265 e. The predicted octanol–water partition coefficient (Wildman–Crippen LogP) is 2.50. The second kappa shape index (κ2) is 8.23.